The topological polar surface area (TPSA) is 69.7 Å². The van der Waals surface area contributed by atoms with E-state index in [-0.39, 0.29) is 12.5 Å². The first-order valence-electron chi connectivity index (χ1n) is 7.32. The van der Waals surface area contributed by atoms with Gasteiger partial charge in [0.15, 0.2) is 0 Å². The highest BCUT2D eigenvalue weighted by Gasteiger charge is 2.25. The van der Waals surface area contributed by atoms with E-state index in [1.807, 2.05) is 32.0 Å². The third-order valence-corrected chi connectivity index (χ3v) is 5.40. The van der Waals surface area contributed by atoms with Crippen molar-refractivity contribution in [2.24, 2.45) is 0 Å². The van der Waals surface area contributed by atoms with Gasteiger partial charge in [-0.2, -0.15) is 4.31 Å². The second-order valence-corrected chi connectivity index (χ2v) is 7.63. The fourth-order valence-corrected chi connectivity index (χ4v) is 3.32. The van der Waals surface area contributed by atoms with Crippen molar-refractivity contribution in [3.05, 3.63) is 29.3 Å². The number of rotatable bonds is 4. The quantitative estimate of drug-likeness (QED) is 0.890. The van der Waals surface area contributed by atoms with E-state index < -0.39 is 10.0 Å². The Bertz CT molecular complexity index is 650. The summed E-state index contributed by atoms with van der Waals surface area (Å²) in [6, 6.07) is 5.95. The third-order valence-electron chi connectivity index (χ3n) is 4.10. The first-order chi connectivity index (χ1) is 10.3. The minimum absolute atomic E-state index is 0.00550. The van der Waals surface area contributed by atoms with Crippen LogP contribution in [0.15, 0.2) is 18.2 Å². The summed E-state index contributed by atoms with van der Waals surface area (Å²) >= 11 is 0. The van der Waals surface area contributed by atoms with Crippen molar-refractivity contribution < 1.29 is 13.2 Å². The molecule has 1 saturated heterocycles. The molecule has 0 aromatic heterocycles. The van der Waals surface area contributed by atoms with Crippen LogP contribution in [0.5, 0.6) is 0 Å². The number of benzene rings is 1. The maximum atomic E-state index is 12.2. The monoisotopic (exact) mass is 325 g/mol. The number of nitrogens with one attached hydrogen (secondary N) is 1. The van der Waals surface area contributed by atoms with Crippen molar-refractivity contribution in [1.29, 1.82) is 0 Å². The van der Waals surface area contributed by atoms with Gasteiger partial charge in [0.05, 0.1) is 12.8 Å². The zero-order chi connectivity index (χ0) is 16.3. The molecule has 0 bridgehead atoms. The highest BCUT2D eigenvalue weighted by molar-refractivity contribution is 7.88. The molecule has 22 heavy (non-hydrogen) atoms. The van der Waals surface area contributed by atoms with Gasteiger partial charge in [0, 0.05) is 31.9 Å². The number of carbonyl (C=O) groups is 1. The number of hydrogen-bond acceptors (Lipinski definition) is 4. The van der Waals surface area contributed by atoms with Crippen molar-refractivity contribution in [2.75, 3.05) is 44.3 Å². The van der Waals surface area contributed by atoms with E-state index in [4.69, 9.17) is 0 Å². The van der Waals surface area contributed by atoms with Crippen LogP contribution < -0.4 is 5.32 Å². The van der Waals surface area contributed by atoms with Gasteiger partial charge >= 0.3 is 0 Å². The Hall–Kier alpha value is -1.60. The Labute approximate surface area is 132 Å². The zero-order valence-corrected chi connectivity index (χ0v) is 14.1. The van der Waals surface area contributed by atoms with Gasteiger partial charge in [-0.3, -0.25) is 4.79 Å². The predicted octanol–water partition coefficient (Wildman–Crippen LogP) is 0.819. The summed E-state index contributed by atoms with van der Waals surface area (Å²) in [5, 5.41) is 3.17. The van der Waals surface area contributed by atoms with Crippen LogP contribution in [0.1, 0.15) is 11.1 Å². The third kappa shape index (κ3) is 3.98. The van der Waals surface area contributed by atoms with Gasteiger partial charge in [-0.25, -0.2) is 8.42 Å². The SMILES string of the molecule is Cc1cccc(NCC(=O)N2CCN(S(C)(=O)=O)CC2)c1C. The van der Waals surface area contributed by atoms with Crippen molar-refractivity contribution >= 4 is 21.6 Å². The molecule has 1 aromatic carbocycles. The lowest BCUT2D eigenvalue weighted by atomic mass is 10.1. The molecule has 0 saturated carbocycles. The first kappa shape index (κ1) is 16.8. The summed E-state index contributed by atoms with van der Waals surface area (Å²) in [7, 11) is -3.16. The molecule has 6 nitrogen and oxygen atoms in total. The second kappa shape index (κ2) is 6.66. The Morgan fingerprint density at radius 2 is 1.82 bits per heavy atom. The number of anilines is 1. The second-order valence-electron chi connectivity index (χ2n) is 5.64. The fraction of sp³-hybridized carbons (Fsp3) is 0.533. The van der Waals surface area contributed by atoms with E-state index in [9.17, 15) is 13.2 Å². The van der Waals surface area contributed by atoms with E-state index in [1.54, 1.807) is 4.90 Å². The molecule has 0 atom stereocenters. The molecular weight excluding hydrogens is 302 g/mol. The van der Waals surface area contributed by atoms with E-state index in [1.165, 1.54) is 16.1 Å². The van der Waals surface area contributed by atoms with Gasteiger partial charge in [0.25, 0.3) is 0 Å². The van der Waals surface area contributed by atoms with Crippen LogP contribution >= 0.6 is 0 Å². The maximum Gasteiger partial charge on any atom is 0.241 e. The fourth-order valence-electron chi connectivity index (χ4n) is 2.49. The van der Waals surface area contributed by atoms with Gasteiger partial charge in [-0.15, -0.1) is 0 Å². The molecule has 0 radical (unpaired) electrons. The average Bonchev–Trinajstić information content (AvgIpc) is 2.48. The first-order valence-corrected chi connectivity index (χ1v) is 9.17. The molecular formula is C15H23N3O3S. The largest absolute Gasteiger partial charge is 0.376 e. The van der Waals surface area contributed by atoms with Crippen LogP contribution in [0.4, 0.5) is 5.69 Å². The van der Waals surface area contributed by atoms with Crippen molar-refractivity contribution in [2.45, 2.75) is 13.8 Å². The number of sulfonamides is 1. The summed E-state index contributed by atoms with van der Waals surface area (Å²) in [6.07, 6.45) is 1.20. The molecule has 1 aromatic rings. The van der Waals surface area contributed by atoms with Gasteiger partial charge < -0.3 is 10.2 Å². The van der Waals surface area contributed by atoms with Crippen LogP contribution in [-0.4, -0.2) is 62.5 Å². The normalized spacial score (nSPS) is 16.6. The predicted molar refractivity (Wildman–Crippen MR) is 87.4 cm³/mol. The lowest BCUT2D eigenvalue weighted by molar-refractivity contribution is -0.130. The molecule has 122 valence electrons. The molecule has 0 unspecified atom stereocenters. The minimum atomic E-state index is -3.16. The summed E-state index contributed by atoms with van der Waals surface area (Å²) in [6.45, 7) is 5.91. The van der Waals surface area contributed by atoms with Crippen LogP contribution in [-0.2, 0) is 14.8 Å². The molecule has 7 heteroatoms. The van der Waals surface area contributed by atoms with Gasteiger partial charge in [0.1, 0.15) is 0 Å². The standard InChI is InChI=1S/C15H23N3O3S/c1-12-5-4-6-14(13(12)2)16-11-15(19)17-7-9-18(10-8-17)22(3,20)21/h4-6,16H,7-11H2,1-3H3. The van der Waals surface area contributed by atoms with Gasteiger partial charge in [-0.05, 0) is 31.0 Å². The molecule has 1 heterocycles. The lowest BCUT2D eigenvalue weighted by Gasteiger charge is -2.33. The number of nitrogens with zero attached hydrogens (tertiary/aromatic N) is 2. The highest BCUT2D eigenvalue weighted by atomic mass is 32.2. The van der Waals surface area contributed by atoms with E-state index in [0.717, 1.165) is 11.3 Å². The number of aryl methyl sites for hydroxylation is 1. The molecule has 1 aliphatic rings. The Morgan fingerprint density at radius 3 is 2.41 bits per heavy atom. The van der Waals surface area contributed by atoms with Gasteiger partial charge in [0.2, 0.25) is 15.9 Å². The van der Waals surface area contributed by atoms with Crippen LogP contribution in [0.25, 0.3) is 0 Å². The lowest BCUT2D eigenvalue weighted by Crippen LogP contribution is -2.51. The molecule has 0 aliphatic carbocycles. The van der Waals surface area contributed by atoms with Crippen molar-refractivity contribution in [1.82, 2.24) is 9.21 Å². The summed E-state index contributed by atoms with van der Waals surface area (Å²) in [4.78, 5) is 13.9. The molecule has 1 amide bonds. The molecule has 2 rings (SSSR count). The van der Waals surface area contributed by atoms with E-state index in [2.05, 4.69) is 5.32 Å². The number of piperazine rings is 1. The average molecular weight is 325 g/mol. The van der Waals surface area contributed by atoms with Crippen LogP contribution in [0, 0.1) is 13.8 Å². The Balaban J connectivity index is 1.88. The summed E-state index contributed by atoms with van der Waals surface area (Å²) in [5.41, 5.74) is 3.28. The molecule has 1 aliphatic heterocycles. The molecule has 1 N–H and O–H groups in total. The van der Waals surface area contributed by atoms with Crippen molar-refractivity contribution in [3.8, 4) is 0 Å². The number of amides is 1. The van der Waals surface area contributed by atoms with Crippen molar-refractivity contribution in [3.63, 3.8) is 0 Å². The van der Waals surface area contributed by atoms with E-state index >= 15 is 0 Å². The Morgan fingerprint density at radius 1 is 1.18 bits per heavy atom. The summed E-state index contributed by atoms with van der Waals surface area (Å²) < 4.78 is 24.3. The Kier molecular flexibility index (Phi) is 5.08. The molecule has 0 spiro atoms. The van der Waals surface area contributed by atoms with E-state index in [0.29, 0.717) is 26.2 Å². The maximum absolute atomic E-state index is 12.2. The van der Waals surface area contributed by atoms with Gasteiger partial charge in [-0.1, -0.05) is 12.1 Å². The summed E-state index contributed by atoms with van der Waals surface area (Å²) in [5.74, 6) is -0.00550. The van der Waals surface area contributed by atoms with Crippen LogP contribution in [0.3, 0.4) is 0 Å². The minimum Gasteiger partial charge on any atom is -0.376 e. The highest BCUT2D eigenvalue weighted by Crippen LogP contribution is 2.17. The number of carbonyl (C=O) groups excluding carboxylic acids is 1. The van der Waals surface area contributed by atoms with Crippen LogP contribution in [0.2, 0.25) is 0 Å². The zero-order valence-electron chi connectivity index (χ0n) is 13.3. The smallest absolute Gasteiger partial charge is 0.241 e. The number of hydrogen-bond donors (Lipinski definition) is 1. The molecule has 1 fully saturated rings.